The summed E-state index contributed by atoms with van der Waals surface area (Å²) in [6, 6.07) is 10.4. The molecule has 0 saturated carbocycles. The van der Waals surface area contributed by atoms with Crippen LogP contribution in [0.4, 0.5) is 5.82 Å². The Labute approximate surface area is 122 Å². The second-order valence-electron chi connectivity index (χ2n) is 4.59. The third-order valence-corrected chi connectivity index (χ3v) is 3.78. The summed E-state index contributed by atoms with van der Waals surface area (Å²) >= 11 is 1.81. The number of fused-ring (bicyclic) bond motifs is 1. The lowest BCUT2D eigenvalue weighted by atomic mass is 10.1. The minimum Gasteiger partial charge on any atom is -0.366 e. The summed E-state index contributed by atoms with van der Waals surface area (Å²) in [6.45, 7) is 0.731. The van der Waals surface area contributed by atoms with Crippen molar-refractivity contribution in [3.63, 3.8) is 0 Å². The SMILES string of the molecule is CSCc1ccnc(NCc2cccc3cn[nH]c23)c1. The topological polar surface area (TPSA) is 53.6 Å². The molecule has 0 atom stereocenters. The van der Waals surface area contributed by atoms with Crippen LogP contribution < -0.4 is 5.32 Å². The van der Waals surface area contributed by atoms with Crippen LogP contribution in [0.1, 0.15) is 11.1 Å². The van der Waals surface area contributed by atoms with E-state index in [4.69, 9.17) is 0 Å². The average Bonchev–Trinajstić information content (AvgIpc) is 2.95. The minimum atomic E-state index is 0.731. The van der Waals surface area contributed by atoms with Crippen molar-refractivity contribution in [2.75, 3.05) is 11.6 Å². The molecule has 0 aliphatic heterocycles. The molecule has 0 unspecified atom stereocenters. The van der Waals surface area contributed by atoms with Crippen molar-refractivity contribution in [2.45, 2.75) is 12.3 Å². The van der Waals surface area contributed by atoms with Crippen LogP contribution in [0.3, 0.4) is 0 Å². The van der Waals surface area contributed by atoms with Gasteiger partial charge in [0.25, 0.3) is 0 Å². The summed E-state index contributed by atoms with van der Waals surface area (Å²) in [5.74, 6) is 1.92. The van der Waals surface area contributed by atoms with Gasteiger partial charge < -0.3 is 5.32 Å². The van der Waals surface area contributed by atoms with E-state index in [-0.39, 0.29) is 0 Å². The number of thioether (sulfide) groups is 1. The number of nitrogens with zero attached hydrogens (tertiary/aromatic N) is 2. The zero-order valence-electron chi connectivity index (χ0n) is 11.3. The highest BCUT2D eigenvalue weighted by molar-refractivity contribution is 7.97. The molecule has 5 heteroatoms. The van der Waals surface area contributed by atoms with Crippen molar-refractivity contribution in [1.29, 1.82) is 0 Å². The number of anilines is 1. The molecule has 20 heavy (non-hydrogen) atoms. The van der Waals surface area contributed by atoms with Crippen molar-refractivity contribution >= 4 is 28.5 Å². The number of benzene rings is 1. The molecule has 0 bridgehead atoms. The van der Waals surface area contributed by atoms with Crippen molar-refractivity contribution in [1.82, 2.24) is 15.2 Å². The van der Waals surface area contributed by atoms with E-state index in [1.165, 1.54) is 11.1 Å². The average molecular weight is 284 g/mol. The molecule has 2 N–H and O–H groups in total. The van der Waals surface area contributed by atoms with E-state index in [1.54, 1.807) is 0 Å². The molecule has 0 saturated heterocycles. The third kappa shape index (κ3) is 2.77. The van der Waals surface area contributed by atoms with Crippen molar-refractivity contribution in [3.05, 3.63) is 53.9 Å². The van der Waals surface area contributed by atoms with Crippen molar-refractivity contribution in [2.24, 2.45) is 0 Å². The summed E-state index contributed by atoms with van der Waals surface area (Å²) in [5, 5.41) is 11.6. The Balaban J connectivity index is 1.76. The molecule has 0 aliphatic carbocycles. The standard InChI is InChI=1S/C15H16N4S/c1-20-10-11-5-6-16-14(7-11)17-8-12-3-2-4-13-9-18-19-15(12)13/h2-7,9H,8,10H2,1H3,(H,16,17)(H,18,19). The molecule has 2 aromatic heterocycles. The molecule has 0 aliphatic rings. The van der Waals surface area contributed by atoms with Crippen molar-refractivity contribution < 1.29 is 0 Å². The van der Waals surface area contributed by atoms with E-state index in [2.05, 4.69) is 51.0 Å². The number of para-hydroxylation sites is 1. The lowest BCUT2D eigenvalue weighted by Gasteiger charge is -2.08. The van der Waals surface area contributed by atoms with E-state index < -0.39 is 0 Å². The van der Waals surface area contributed by atoms with Crippen LogP contribution >= 0.6 is 11.8 Å². The summed E-state index contributed by atoms with van der Waals surface area (Å²) in [5.41, 5.74) is 3.56. The maximum atomic E-state index is 4.36. The highest BCUT2D eigenvalue weighted by atomic mass is 32.2. The lowest BCUT2D eigenvalue weighted by Crippen LogP contribution is -2.02. The van der Waals surface area contributed by atoms with Crippen LogP contribution in [0.15, 0.2) is 42.7 Å². The second-order valence-corrected chi connectivity index (χ2v) is 5.45. The van der Waals surface area contributed by atoms with Gasteiger partial charge in [-0.1, -0.05) is 18.2 Å². The quantitative estimate of drug-likeness (QED) is 0.753. The molecule has 3 aromatic rings. The highest BCUT2D eigenvalue weighted by Gasteiger charge is 2.03. The third-order valence-electron chi connectivity index (χ3n) is 3.16. The summed E-state index contributed by atoms with van der Waals surface area (Å²) in [4.78, 5) is 4.36. The van der Waals surface area contributed by atoms with Gasteiger partial charge in [-0.2, -0.15) is 16.9 Å². The molecule has 1 aromatic carbocycles. The van der Waals surface area contributed by atoms with Crippen LogP contribution in [-0.2, 0) is 12.3 Å². The summed E-state index contributed by atoms with van der Waals surface area (Å²) in [7, 11) is 0. The van der Waals surface area contributed by atoms with Crippen LogP contribution in [-0.4, -0.2) is 21.4 Å². The first-order valence-electron chi connectivity index (χ1n) is 6.45. The number of hydrogen-bond donors (Lipinski definition) is 2. The van der Waals surface area contributed by atoms with Gasteiger partial charge in [0.2, 0.25) is 0 Å². The molecule has 3 rings (SSSR count). The molecule has 0 amide bonds. The molecule has 2 heterocycles. The van der Waals surface area contributed by atoms with Gasteiger partial charge in [0.05, 0.1) is 11.7 Å². The normalized spacial score (nSPS) is 10.8. The van der Waals surface area contributed by atoms with Crippen LogP contribution in [0.5, 0.6) is 0 Å². The Morgan fingerprint density at radius 3 is 3.15 bits per heavy atom. The van der Waals surface area contributed by atoms with Crippen LogP contribution in [0.2, 0.25) is 0 Å². The lowest BCUT2D eigenvalue weighted by molar-refractivity contribution is 1.08. The van der Waals surface area contributed by atoms with Gasteiger partial charge in [-0.25, -0.2) is 4.98 Å². The Morgan fingerprint density at radius 1 is 1.30 bits per heavy atom. The zero-order valence-corrected chi connectivity index (χ0v) is 12.1. The number of H-pyrrole nitrogens is 1. The van der Waals surface area contributed by atoms with E-state index in [0.717, 1.165) is 29.0 Å². The smallest absolute Gasteiger partial charge is 0.126 e. The summed E-state index contributed by atoms with van der Waals surface area (Å²) in [6.07, 6.45) is 5.80. The predicted octanol–water partition coefficient (Wildman–Crippen LogP) is 3.43. The maximum Gasteiger partial charge on any atom is 0.126 e. The van der Waals surface area contributed by atoms with E-state index in [1.807, 2.05) is 30.2 Å². The van der Waals surface area contributed by atoms with Gasteiger partial charge in [-0.15, -0.1) is 0 Å². The Kier molecular flexibility index (Phi) is 3.87. The maximum absolute atomic E-state index is 4.36. The Bertz CT molecular complexity index is 708. The molecular formula is C15H16N4S. The number of aromatic amines is 1. The first-order chi connectivity index (χ1) is 9.86. The van der Waals surface area contributed by atoms with E-state index >= 15 is 0 Å². The number of aromatic nitrogens is 3. The fourth-order valence-corrected chi connectivity index (χ4v) is 2.70. The zero-order chi connectivity index (χ0) is 13.8. The Hall–Kier alpha value is -2.01. The van der Waals surface area contributed by atoms with Crippen LogP contribution in [0.25, 0.3) is 10.9 Å². The predicted molar refractivity (Wildman–Crippen MR) is 84.9 cm³/mol. The molecular weight excluding hydrogens is 268 g/mol. The molecule has 0 radical (unpaired) electrons. The number of rotatable bonds is 5. The fraction of sp³-hybridized carbons (Fsp3) is 0.200. The van der Waals surface area contributed by atoms with Gasteiger partial charge in [-0.3, -0.25) is 5.10 Å². The largest absolute Gasteiger partial charge is 0.366 e. The molecule has 4 nitrogen and oxygen atoms in total. The summed E-state index contributed by atoms with van der Waals surface area (Å²) < 4.78 is 0. The van der Waals surface area contributed by atoms with Gasteiger partial charge in [-0.05, 0) is 29.5 Å². The second kappa shape index (κ2) is 5.96. The van der Waals surface area contributed by atoms with Gasteiger partial charge in [0, 0.05) is 23.9 Å². The highest BCUT2D eigenvalue weighted by Crippen LogP contribution is 2.17. The first kappa shape index (κ1) is 13.0. The Morgan fingerprint density at radius 2 is 2.25 bits per heavy atom. The van der Waals surface area contributed by atoms with Gasteiger partial charge in [0.15, 0.2) is 0 Å². The first-order valence-corrected chi connectivity index (χ1v) is 7.85. The number of hydrogen-bond acceptors (Lipinski definition) is 4. The molecule has 0 spiro atoms. The van der Waals surface area contributed by atoms with Gasteiger partial charge in [0.1, 0.15) is 5.82 Å². The van der Waals surface area contributed by atoms with Crippen molar-refractivity contribution in [3.8, 4) is 0 Å². The molecule has 0 fully saturated rings. The van der Waals surface area contributed by atoms with E-state index in [9.17, 15) is 0 Å². The number of pyridine rings is 1. The monoisotopic (exact) mass is 284 g/mol. The fourth-order valence-electron chi connectivity index (χ4n) is 2.19. The minimum absolute atomic E-state index is 0.731. The number of nitrogens with one attached hydrogen (secondary N) is 2. The van der Waals surface area contributed by atoms with E-state index in [0.29, 0.717) is 0 Å². The van der Waals surface area contributed by atoms with Crippen LogP contribution in [0, 0.1) is 0 Å². The van der Waals surface area contributed by atoms with Gasteiger partial charge >= 0.3 is 0 Å². The molecule has 102 valence electrons.